The highest BCUT2D eigenvalue weighted by atomic mass is 79.9. The molecule has 2 aromatic rings. The van der Waals surface area contributed by atoms with Gasteiger partial charge in [0.25, 0.3) is 0 Å². The van der Waals surface area contributed by atoms with Gasteiger partial charge in [-0.3, -0.25) is 0 Å². The lowest BCUT2D eigenvalue weighted by Crippen LogP contribution is -2.13. The number of nitrogens with zero attached hydrogens (tertiary/aromatic N) is 4. The molecule has 0 N–H and O–H groups in total. The van der Waals surface area contributed by atoms with E-state index in [-0.39, 0.29) is 17.0 Å². The third-order valence-corrected chi connectivity index (χ3v) is 2.73. The molecule has 0 bridgehead atoms. The molecule has 8 heteroatoms. The van der Waals surface area contributed by atoms with Gasteiger partial charge in [0, 0.05) is 18.6 Å². The third kappa shape index (κ3) is 3.51. The number of halogens is 3. The molecule has 1 aromatic heterocycles. The minimum Gasteiger partial charge on any atom is -0.421 e. The molecule has 0 fully saturated rings. The van der Waals surface area contributed by atoms with Gasteiger partial charge in [0.1, 0.15) is 0 Å². The highest BCUT2D eigenvalue weighted by Crippen LogP contribution is 2.26. The zero-order chi connectivity index (χ0) is 14.0. The van der Waals surface area contributed by atoms with Crippen molar-refractivity contribution in [1.29, 1.82) is 0 Å². The maximum atomic E-state index is 13.6. The summed E-state index contributed by atoms with van der Waals surface area (Å²) in [6.07, 6.45) is 0. The van der Waals surface area contributed by atoms with E-state index in [1.54, 1.807) is 25.1 Å². The summed E-state index contributed by atoms with van der Waals surface area (Å²) in [6.45, 7) is 0. The van der Waals surface area contributed by atoms with Crippen molar-refractivity contribution in [3.63, 3.8) is 0 Å². The second-order valence-electron chi connectivity index (χ2n) is 3.76. The predicted molar refractivity (Wildman–Crippen MR) is 73.3 cm³/mol. The quantitative estimate of drug-likeness (QED) is 0.853. The first-order valence-electron chi connectivity index (χ1n) is 5.17. The van der Waals surface area contributed by atoms with Gasteiger partial charge in [-0.05, 0) is 29.8 Å². The Morgan fingerprint density at radius 2 is 2.00 bits per heavy atom. The summed E-state index contributed by atoms with van der Waals surface area (Å²) in [5, 5.41) is -0.0240. The van der Waals surface area contributed by atoms with Crippen LogP contribution in [-0.2, 0) is 0 Å². The smallest absolute Gasteiger partial charge is 0.328 e. The number of hydrogen-bond donors (Lipinski definition) is 0. The Kier molecular flexibility index (Phi) is 4.16. The van der Waals surface area contributed by atoms with Gasteiger partial charge in [0.15, 0.2) is 11.6 Å². The Balaban J connectivity index is 2.35. The number of anilines is 1. The van der Waals surface area contributed by atoms with Crippen LogP contribution in [0.5, 0.6) is 11.8 Å². The maximum absolute atomic E-state index is 13.6. The van der Waals surface area contributed by atoms with Crippen molar-refractivity contribution in [1.82, 2.24) is 15.0 Å². The van der Waals surface area contributed by atoms with Crippen LogP contribution in [0.2, 0.25) is 5.28 Å². The minimum atomic E-state index is -0.522. The molecule has 0 unspecified atom stereocenters. The van der Waals surface area contributed by atoms with Crippen LogP contribution in [0.3, 0.4) is 0 Å². The van der Waals surface area contributed by atoms with Crippen molar-refractivity contribution in [2.45, 2.75) is 0 Å². The van der Waals surface area contributed by atoms with Gasteiger partial charge in [-0.2, -0.15) is 15.0 Å². The van der Waals surface area contributed by atoms with E-state index < -0.39 is 5.82 Å². The van der Waals surface area contributed by atoms with Crippen LogP contribution in [0.1, 0.15) is 0 Å². The fourth-order valence-electron chi connectivity index (χ4n) is 1.22. The van der Waals surface area contributed by atoms with Crippen LogP contribution in [0.4, 0.5) is 10.3 Å². The molecule has 1 heterocycles. The normalized spacial score (nSPS) is 10.4. The van der Waals surface area contributed by atoms with E-state index in [2.05, 4.69) is 30.9 Å². The van der Waals surface area contributed by atoms with E-state index in [9.17, 15) is 4.39 Å². The van der Waals surface area contributed by atoms with Crippen molar-refractivity contribution in [2.75, 3.05) is 19.0 Å². The fourth-order valence-corrected chi connectivity index (χ4v) is 1.71. The molecule has 0 saturated heterocycles. The molecule has 0 aliphatic carbocycles. The zero-order valence-corrected chi connectivity index (χ0v) is 12.4. The van der Waals surface area contributed by atoms with Crippen molar-refractivity contribution in [3.05, 3.63) is 33.8 Å². The highest BCUT2D eigenvalue weighted by molar-refractivity contribution is 9.10. The monoisotopic (exact) mass is 346 g/mol. The van der Waals surface area contributed by atoms with Crippen LogP contribution in [-0.4, -0.2) is 29.0 Å². The summed E-state index contributed by atoms with van der Waals surface area (Å²) in [7, 11) is 3.49. The molecule has 5 nitrogen and oxygen atoms in total. The summed E-state index contributed by atoms with van der Waals surface area (Å²) in [6, 6.07) is 4.24. The van der Waals surface area contributed by atoms with Crippen molar-refractivity contribution < 1.29 is 9.13 Å². The molecule has 0 amide bonds. The maximum Gasteiger partial charge on any atom is 0.328 e. The molecule has 2 rings (SSSR count). The Labute approximate surface area is 122 Å². The van der Waals surface area contributed by atoms with Gasteiger partial charge in [-0.15, -0.1) is 0 Å². The molecule has 0 spiro atoms. The van der Waals surface area contributed by atoms with Crippen LogP contribution in [0, 0.1) is 5.82 Å². The fraction of sp³-hybridized carbons (Fsp3) is 0.182. The van der Waals surface area contributed by atoms with E-state index in [0.29, 0.717) is 10.4 Å². The van der Waals surface area contributed by atoms with Crippen LogP contribution in [0.15, 0.2) is 22.7 Å². The molecule has 1 aromatic carbocycles. The van der Waals surface area contributed by atoms with Gasteiger partial charge in [-0.1, -0.05) is 15.9 Å². The predicted octanol–water partition coefficient (Wildman–Crippen LogP) is 3.28. The summed E-state index contributed by atoms with van der Waals surface area (Å²) >= 11 is 8.99. The van der Waals surface area contributed by atoms with Gasteiger partial charge < -0.3 is 9.64 Å². The summed E-state index contributed by atoms with van der Waals surface area (Å²) in [5.41, 5.74) is 0. The van der Waals surface area contributed by atoms with E-state index in [1.165, 1.54) is 12.1 Å². The Bertz CT molecular complexity index is 611. The second kappa shape index (κ2) is 5.66. The number of aromatic nitrogens is 3. The van der Waals surface area contributed by atoms with Crippen LogP contribution < -0.4 is 9.64 Å². The average molecular weight is 348 g/mol. The molecule has 19 heavy (non-hydrogen) atoms. The number of hydrogen-bond acceptors (Lipinski definition) is 5. The van der Waals surface area contributed by atoms with E-state index in [4.69, 9.17) is 16.3 Å². The lowest BCUT2D eigenvalue weighted by atomic mass is 10.3. The van der Waals surface area contributed by atoms with Gasteiger partial charge in [0.05, 0.1) is 0 Å². The van der Waals surface area contributed by atoms with E-state index in [0.717, 1.165) is 0 Å². The lowest BCUT2D eigenvalue weighted by Gasteiger charge is -2.11. The van der Waals surface area contributed by atoms with Crippen LogP contribution >= 0.6 is 27.5 Å². The standard InChI is InChI=1S/C11H9BrClFN4O/c1-18(2)10-15-9(13)16-11(17-10)19-8-5-6(12)3-4-7(8)14/h3-5H,1-2H3. The number of benzene rings is 1. The lowest BCUT2D eigenvalue weighted by molar-refractivity contribution is 0.409. The molecular weight excluding hydrogens is 339 g/mol. The molecule has 0 radical (unpaired) electrons. The van der Waals surface area contributed by atoms with Crippen molar-refractivity contribution in [2.24, 2.45) is 0 Å². The summed E-state index contributed by atoms with van der Waals surface area (Å²) in [4.78, 5) is 13.3. The van der Waals surface area contributed by atoms with E-state index in [1.807, 2.05) is 0 Å². The van der Waals surface area contributed by atoms with Gasteiger partial charge >= 0.3 is 6.01 Å². The van der Waals surface area contributed by atoms with Crippen molar-refractivity contribution in [3.8, 4) is 11.8 Å². The topological polar surface area (TPSA) is 51.1 Å². The first-order valence-corrected chi connectivity index (χ1v) is 6.34. The molecular formula is C11H9BrClFN4O. The van der Waals surface area contributed by atoms with Crippen LogP contribution in [0.25, 0.3) is 0 Å². The van der Waals surface area contributed by atoms with Gasteiger partial charge in [-0.25, -0.2) is 4.39 Å². The molecule has 0 atom stereocenters. The largest absolute Gasteiger partial charge is 0.421 e. The highest BCUT2D eigenvalue weighted by Gasteiger charge is 2.11. The molecule has 0 aliphatic heterocycles. The Morgan fingerprint density at radius 3 is 2.68 bits per heavy atom. The first-order chi connectivity index (χ1) is 8.95. The first kappa shape index (κ1) is 14.0. The SMILES string of the molecule is CN(C)c1nc(Cl)nc(Oc2cc(Br)ccc2F)n1. The number of ether oxygens (including phenoxy) is 1. The Hall–Kier alpha value is -1.47. The van der Waals surface area contributed by atoms with Crippen molar-refractivity contribution >= 4 is 33.5 Å². The summed E-state index contributed by atoms with van der Waals surface area (Å²) in [5.74, 6) is -0.196. The molecule has 0 aliphatic rings. The zero-order valence-electron chi connectivity index (χ0n) is 10.1. The minimum absolute atomic E-state index is 0.00125. The molecule has 0 saturated carbocycles. The molecule has 100 valence electrons. The number of rotatable bonds is 3. The van der Waals surface area contributed by atoms with Gasteiger partial charge in [0.2, 0.25) is 11.2 Å². The summed E-state index contributed by atoms with van der Waals surface area (Å²) < 4.78 is 19.5. The Morgan fingerprint density at radius 1 is 1.26 bits per heavy atom. The second-order valence-corrected chi connectivity index (χ2v) is 5.01. The van der Waals surface area contributed by atoms with E-state index >= 15 is 0 Å². The average Bonchev–Trinajstić information content (AvgIpc) is 2.33. The third-order valence-electron chi connectivity index (χ3n) is 2.07.